The number of benzene rings is 1. The fourth-order valence-corrected chi connectivity index (χ4v) is 4.14. The Morgan fingerprint density at radius 2 is 1.86 bits per heavy atom. The fourth-order valence-electron chi connectivity index (χ4n) is 3.49. The van der Waals surface area contributed by atoms with Gasteiger partial charge in [-0.15, -0.1) is 11.8 Å². The summed E-state index contributed by atoms with van der Waals surface area (Å²) in [6, 6.07) is 5.73. The minimum absolute atomic E-state index is 0.00457. The predicted molar refractivity (Wildman–Crippen MR) is 95.0 cm³/mol. The second kappa shape index (κ2) is 6.42. The molecule has 1 heterocycles. The van der Waals surface area contributed by atoms with Crippen LogP contribution in [0, 0.1) is 0 Å². The lowest BCUT2D eigenvalue weighted by Gasteiger charge is -2.46. The second-order valence-corrected chi connectivity index (χ2v) is 8.60. The monoisotopic (exact) mass is 340 g/mol. The average Bonchev–Trinajstić information content (AvgIpc) is 2.35. The molecule has 1 fully saturated rings. The highest BCUT2D eigenvalue weighted by molar-refractivity contribution is 7.98. The summed E-state index contributed by atoms with van der Waals surface area (Å²) in [7, 11) is 0. The van der Waals surface area contributed by atoms with Gasteiger partial charge in [-0.2, -0.15) is 0 Å². The second-order valence-electron chi connectivity index (χ2n) is 7.32. The van der Waals surface area contributed by atoms with E-state index in [1.165, 1.54) is 0 Å². The number of hydrogen-bond donors (Lipinski definition) is 2. The van der Waals surface area contributed by atoms with E-state index in [4.69, 9.17) is 11.6 Å². The third kappa shape index (κ3) is 4.40. The molecule has 1 saturated heterocycles. The van der Waals surface area contributed by atoms with Crippen LogP contribution in [0.3, 0.4) is 0 Å². The minimum Gasteiger partial charge on any atom is -0.349 e. The van der Waals surface area contributed by atoms with Gasteiger partial charge in [-0.3, -0.25) is 4.79 Å². The lowest BCUT2D eigenvalue weighted by Crippen LogP contribution is -2.62. The SMILES string of the molecule is CSc1ccc(Cl)c(C(=O)NC2CC(C)(C)NC(C)(C)C2)c1. The van der Waals surface area contributed by atoms with Crippen LogP contribution in [0.25, 0.3) is 0 Å². The molecule has 0 aromatic heterocycles. The number of rotatable bonds is 3. The summed E-state index contributed by atoms with van der Waals surface area (Å²) in [5, 5.41) is 7.29. The molecule has 22 heavy (non-hydrogen) atoms. The molecule has 0 radical (unpaired) electrons. The third-order valence-corrected chi connectivity index (χ3v) is 5.00. The average molecular weight is 341 g/mol. The van der Waals surface area contributed by atoms with Crippen molar-refractivity contribution in [2.24, 2.45) is 0 Å². The van der Waals surface area contributed by atoms with E-state index in [0.29, 0.717) is 10.6 Å². The normalized spacial score (nSPS) is 20.6. The maximum absolute atomic E-state index is 12.6. The lowest BCUT2D eigenvalue weighted by molar-refractivity contribution is 0.0873. The van der Waals surface area contributed by atoms with Crippen molar-refractivity contribution < 1.29 is 4.79 Å². The molecule has 1 aromatic rings. The highest BCUT2D eigenvalue weighted by atomic mass is 35.5. The first kappa shape index (κ1) is 17.6. The van der Waals surface area contributed by atoms with E-state index in [-0.39, 0.29) is 23.0 Å². The van der Waals surface area contributed by atoms with Gasteiger partial charge in [0.2, 0.25) is 0 Å². The van der Waals surface area contributed by atoms with Crippen LogP contribution >= 0.6 is 23.4 Å². The molecule has 5 heteroatoms. The van der Waals surface area contributed by atoms with Crippen LogP contribution in [0.15, 0.2) is 23.1 Å². The van der Waals surface area contributed by atoms with Crippen molar-refractivity contribution in [3.05, 3.63) is 28.8 Å². The van der Waals surface area contributed by atoms with Gasteiger partial charge in [0.25, 0.3) is 5.91 Å². The largest absolute Gasteiger partial charge is 0.349 e. The maximum Gasteiger partial charge on any atom is 0.253 e. The Labute approximate surface area is 142 Å². The van der Waals surface area contributed by atoms with Crippen LogP contribution in [0.2, 0.25) is 5.02 Å². The standard InChI is InChI=1S/C17H25ClN2OS/c1-16(2)9-11(10-17(3,4)20-16)19-15(21)13-8-12(22-5)6-7-14(13)18/h6-8,11,20H,9-10H2,1-5H3,(H,19,21). The van der Waals surface area contributed by atoms with Gasteiger partial charge in [0, 0.05) is 22.0 Å². The van der Waals surface area contributed by atoms with Crippen LogP contribution in [0.4, 0.5) is 0 Å². The summed E-state index contributed by atoms with van der Waals surface area (Å²) in [6.45, 7) is 8.70. The number of carbonyl (C=O) groups is 1. The molecule has 0 saturated carbocycles. The van der Waals surface area contributed by atoms with Gasteiger partial charge < -0.3 is 10.6 Å². The summed E-state index contributed by atoms with van der Waals surface area (Å²) >= 11 is 7.80. The molecule has 122 valence electrons. The van der Waals surface area contributed by atoms with E-state index in [1.54, 1.807) is 17.8 Å². The predicted octanol–water partition coefficient (Wildman–Crippen LogP) is 4.10. The number of piperidine rings is 1. The third-order valence-electron chi connectivity index (χ3n) is 3.94. The van der Waals surface area contributed by atoms with Crippen molar-refractivity contribution in [3.63, 3.8) is 0 Å². The van der Waals surface area contributed by atoms with Gasteiger partial charge in [-0.1, -0.05) is 11.6 Å². The zero-order valence-electron chi connectivity index (χ0n) is 13.9. The van der Waals surface area contributed by atoms with Crippen molar-refractivity contribution in [2.75, 3.05) is 6.26 Å². The molecule has 0 aliphatic carbocycles. The van der Waals surface area contributed by atoms with Gasteiger partial charge >= 0.3 is 0 Å². The van der Waals surface area contributed by atoms with E-state index in [1.807, 2.05) is 18.4 Å². The Morgan fingerprint density at radius 1 is 1.27 bits per heavy atom. The molecule has 0 spiro atoms. The maximum atomic E-state index is 12.6. The van der Waals surface area contributed by atoms with E-state index in [9.17, 15) is 4.79 Å². The Hall–Kier alpha value is -0.710. The first-order chi connectivity index (χ1) is 10.1. The highest BCUT2D eigenvalue weighted by Crippen LogP contribution is 2.29. The summed E-state index contributed by atoms with van der Waals surface area (Å²) < 4.78 is 0. The Kier molecular flexibility index (Phi) is 5.15. The Bertz CT molecular complexity index is 556. The molecule has 1 amide bonds. The summed E-state index contributed by atoms with van der Waals surface area (Å²) in [5.41, 5.74) is 0.567. The number of carbonyl (C=O) groups excluding carboxylic acids is 1. The smallest absolute Gasteiger partial charge is 0.253 e. The first-order valence-electron chi connectivity index (χ1n) is 7.56. The van der Waals surface area contributed by atoms with Gasteiger partial charge in [-0.25, -0.2) is 0 Å². The fraction of sp³-hybridized carbons (Fsp3) is 0.588. The lowest BCUT2D eigenvalue weighted by atomic mass is 9.79. The Balaban J connectivity index is 2.15. The van der Waals surface area contributed by atoms with Crippen LogP contribution in [0.5, 0.6) is 0 Å². The van der Waals surface area contributed by atoms with E-state index in [0.717, 1.165) is 17.7 Å². The quantitative estimate of drug-likeness (QED) is 0.814. The van der Waals surface area contributed by atoms with Gasteiger partial charge in [0.1, 0.15) is 0 Å². The van der Waals surface area contributed by atoms with Crippen molar-refractivity contribution in [2.45, 2.75) is 62.6 Å². The van der Waals surface area contributed by atoms with E-state index < -0.39 is 0 Å². The van der Waals surface area contributed by atoms with Crippen LogP contribution < -0.4 is 10.6 Å². The van der Waals surface area contributed by atoms with Gasteiger partial charge in [0.15, 0.2) is 0 Å². The van der Waals surface area contributed by atoms with E-state index in [2.05, 4.69) is 38.3 Å². The summed E-state index contributed by atoms with van der Waals surface area (Å²) in [6.07, 6.45) is 3.80. The molecule has 3 nitrogen and oxygen atoms in total. The van der Waals surface area contributed by atoms with Crippen molar-refractivity contribution >= 4 is 29.3 Å². The van der Waals surface area contributed by atoms with Crippen molar-refractivity contribution in [3.8, 4) is 0 Å². The zero-order valence-corrected chi connectivity index (χ0v) is 15.5. The van der Waals surface area contributed by atoms with Crippen LogP contribution in [0.1, 0.15) is 50.9 Å². The van der Waals surface area contributed by atoms with Crippen LogP contribution in [-0.4, -0.2) is 29.3 Å². The first-order valence-corrected chi connectivity index (χ1v) is 9.16. The van der Waals surface area contributed by atoms with Crippen molar-refractivity contribution in [1.29, 1.82) is 0 Å². The molecular weight excluding hydrogens is 316 g/mol. The number of thioether (sulfide) groups is 1. The molecule has 1 aliphatic heterocycles. The number of hydrogen-bond acceptors (Lipinski definition) is 3. The molecule has 2 rings (SSSR count). The van der Waals surface area contributed by atoms with Gasteiger partial charge in [0.05, 0.1) is 10.6 Å². The molecule has 1 aromatic carbocycles. The highest BCUT2D eigenvalue weighted by Gasteiger charge is 2.38. The molecule has 0 atom stereocenters. The van der Waals surface area contributed by atoms with Crippen LogP contribution in [-0.2, 0) is 0 Å². The minimum atomic E-state index is -0.0839. The topological polar surface area (TPSA) is 41.1 Å². The number of nitrogens with one attached hydrogen (secondary N) is 2. The zero-order chi connectivity index (χ0) is 16.5. The molecule has 2 N–H and O–H groups in total. The molecule has 0 unspecified atom stereocenters. The molecule has 1 aliphatic rings. The summed E-state index contributed by atoms with van der Waals surface area (Å²) in [4.78, 5) is 13.6. The Morgan fingerprint density at radius 3 is 2.41 bits per heavy atom. The number of amides is 1. The number of halogens is 1. The summed E-state index contributed by atoms with van der Waals surface area (Å²) in [5.74, 6) is -0.0839. The molecular formula is C17H25ClN2OS. The van der Waals surface area contributed by atoms with Gasteiger partial charge in [-0.05, 0) is 65.0 Å². The van der Waals surface area contributed by atoms with E-state index >= 15 is 0 Å². The van der Waals surface area contributed by atoms with Crippen molar-refractivity contribution in [1.82, 2.24) is 10.6 Å². The molecule has 0 bridgehead atoms.